The molecular formula is C27H18N6Pt. The molecule has 3 aromatic heterocycles. The summed E-state index contributed by atoms with van der Waals surface area (Å²) in [6, 6.07) is 36.4. The summed E-state index contributed by atoms with van der Waals surface area (Å²) in [5.41, 5.74) is 3.66. The molecule has 0 atom stereocenters. The van der Waals surface area contributed by atoms with E-state index >= 15 is 0 Å². The van der Waals surface area contributed by atoms with Gasteiger partial charge in [0.15, 0.2) is 11.6 Å². The Kier molecular flexibility index (Phi) is 6.06. The maximum absolute atomic E-state index is 5.04. The normalized spacial score (nSPS) is 10.7. The van der Waals surface area contributed by atoms with Crippen LogP contribution in [0.1, 0.15) is 0 Å². The number of nitrogens with zero attached hydrogens (tertiary/aromatic N) is 6. The second-order valence-corrected chi connectivity index (χ2v) is 7.41. The van der Waals surface area contributed by atoms with Crippen LogP contribution in [0.5, 0.6) is 0 Å². The Hall–Kier alpha value is -4.02. The second kappa shape index (κ2) is 9.46. The van der Waals surface area contributed by atoms with E-state index in [9.17, 15) is 0 Å². The second-order valence-electron chi connectivity index (χ2n) is 7.41. The Morgan fingerprint density at radius 1 is 0.735 bits per heavy atom. The predicted molar refractivity (Wildman–Crippen MR) is 128 cm³/mol. The molecule has 0 unspecified atom stereocenters. The van der Waals surface area contributed by atoms with Gasteiger partial charge in [0.05, 0.1) is 5.52 Å². The van der Waals surface area contributed by atoms with E-state index in [-0.39, 0.29) is 21.1 Å². The van der Waals surface area contributed by atoms with Crippen LogP contribution in [-0.2, 0) is 21.1 Å². The average molecular weight is 622 g/mol. The summed E-state index contributed by atoms with van der Waals surface area (Å²) in [5, 5.41) is 10.9. The van der Waals surface area contributed by atoms with Gasteiger partial charge in [-0.15, -0.1) is 11.8 Å². The first kappa shape index (κ1) is 21.8. The fraction of sp³-hybridized carbons (Fsp3) is 0. The van der Waals surface area contributed by atoms with E-state index in [0.717, 1.165) is 39.6 Å². The third-order valence-corrected chi connectivity index (χ3v) is 5.37. The maximum Gasteiger partial charge on any atom is 2.00 e. The Labute approximate surface area is 211 Å². The predicted octanol–water partition coefficient (Wildman–Crippen LogP) is 5.67. The molecular weight excluding hydrogens is 603 g/mol. The van der Waals surface area contributed by atoms with Crippen LogP contribution < -0.4 is 4.90 Å². The fourth-order valence-electron chi connectivity index (χ4n) is 3.87. The number of fused-ring (bicyclic) bond motifs is 1. The largest absolute Gasteiger partial charge is 2.00 e. The molecule has 6 nitrogen and oxygen atoms in total. The number of rotatable bonds is 5. The summed E-state index contributed by atoms with van der Waals surface area (Å²) in [6.45, 7) is 0. The molecule has 0 saturated heterocycles. The molecule has 0 N–H and O–H groups in total. The molecule has 0 fully saturated rings. The van der Waals surface area contributed by atoms with Gasteiger partial charge < -0.3 is 4.98 Å². The summed E-state index contributed by atoms with van der Waals surface area (Å²) in [4.78, 5) is 6.12. The van der Waals surface area contributed by atoms with Crippen LogP contribution in [0.3, 0.4) is 0 Å². The molecule has 166 valence electrons. The van der Waals surface area contributed by atoms with Crippen molar-refractivity contribution < 1.29 is 21.1 Å². The standard InChI is InChI=1S/C27H18N6.Pt/c1-3-9-22(10-4-1)32(26-17-20-31(29-26)21-15-18-28-19-16-21)27-24-13-7-8-14-25(24)33(30-27)23-11-5-2-6-12-23;/h1-11,13-15,17-20H;/q-2;+2. The van der Waals surface area contributed by atoms with E-state index in [0.29, 0.717) is 0 Å². The van der Waals surface area contributed by atoms with Crippen molar-refractivity contribution in [3.05, 3.63) is 122 Å². The number of aromatic nitrogens is 5. The molecule has 34 heavy (non-hydrogen) atoms. The van der Waals surface area contributed by atoms with Gasteiger partial charge in [0.1, 0.15) is 0 Å². The minimum atomic E-state index is 0. The van der Waals surface area contributed by atoms with Gasteiger partial charge in [-0.25, -0.2) is 6.07 Å². The van der Waals surface area contributed by atoms with Crippen LogP contribution in [0.4, 0.5) is 17.3 Å². The van der Waals surface area contributed by atoms with Crippen molar-refractivity contribution in [2.75, 3.05) is 4.90 Å². The first-order chi connectivity index (χ1) is 16.4. The van der Waals surface area contributed by atoms with Gasteiger partial charge in [-0.1, -0.05) is 42.7 Å². The number of hydrogen-bond acceptors (Lipinski definition) is 4. The van der Waals surface area contributed by atoms with Crippen molar-refractivity contribution >= 4 is 28.2 Å². The smallest absolute Gasteiger partial charge is 0.304 e. The summed E-state index contributed by atoms with van der Waals surface area (Å²) < 4.78 is 3.71. The number of hydrogen-bond donors (Lipinski definition) is 0. The maximum atomic E-state index is 5.04. The zero-order chi connectivity index (χ0) is 22.0. The number of para-hydroxylation sites is 3. The molecule has 0 aliphatic carbocycles. The molecule has 0 aliphatic rings. The van der Waals surface area contributed by atoms with Crippen LogP contribution in [0.2, 0.25) is 0 Å². The van der Waals surface area contributed by atoms with Crippen molar-refractivity contribution in [3.63, 3.8) is 0 Å². The van der Waals surface area contributed by atoms with Gasteiger partial charge in [0.25, 0.3) is 0 Å². The minimum absolute atomic E-state index is 0. The molecule has 0 saturated carbocycles. The zero-order valence-electron chi connectivity index (χ0n) is 17.9. The number of benzene rings is 3. The van der Waals surface area contributed by atoms with Crippen LogP contribution >= 0.6 is 0 Å². The van der Waals surface area contributed by atoms with E-state index in [1.165, 1.54) is 0 Å². The first-order valence-electron chi connectivity index (χ1n) is 10.6. The van der Waals surface area contributed by atoms with Gasteiger partial charge in [0, 0.05) is 23.3 Å². The molecule has 0 aliphatic heterocycles. The monoisotopic (exact) mass is 621 g/mol. The van der Waals surface area contributed by atoms with Crippen molar-refractivity contribution in [3.8, 4) is 11.4 Å². The summed E-state index contributed by atoms with van der Waals surface area (Å²) in [5.74, 6) is 1.54. The van der Waals surface area contributed by atoms with Crippen LogP contribution in [0, 0.1) is 12.1 Å². The molecule has 3 aromatic carbocycles. The van der Waals surface area contributed by atoms with Crippen molar-refractivity contribution in [2.24, 2.45) is 0 Å². The average Bonchev–Trinajstić information content (AvgIpc) is 3.52. The van der Waals surface area contributed by atoms with Crippen molar-refractivity contribution in [2.45, 2.75) is 0 Å². The van der Waals surface area contributed by atoms with Gasteiger partial charge in [-0.2, -0.15) is 40.5 Å². The van der Waals surface area contributed by atoms with Crippen LogP contribution in [0.15, 0.2) is 110 Å². The van der Waals surface area contributed by atoms with E-state index in [4.69, 9.17) is 10.2 Å². The summed E-state index contributed by atoms with van der Waals surface area (Å²) in [7, 11) is 0. The van der Waals surface area contributed by atoms with E-state index in [1.807, 2.05) is 77.6 Å². The molecule has 0 amide bonds. The molecule has 6 rings (SSSR count). The van der Waals surface area contributed by atoms with E-state index < -0.39 is 0 Å². The molecule has 7 heteroatoms. The quantitative estimate of drug-likeness (QED) is 0.233. The summed E-state index contributed by atoms with van der Waals surface area (Å²) >= 11 is 0. The molecule has 3 heterocycles. The minimum Gasteiger partial charge on any atom is -0.304 e. The Bertz CT molecular complexity index is 1510. The first-order valence-corrected chi connectivity index (χ1v) is 10.6. The molecule has 0 bridgehead atoms. The zero-order valence-corrected chi connectivity index (χ0v) is 20.2. The number of anilines is 3. The Morgan fingerprint density at radius 3 is 2.35 bits per heavy atom. The fourth-order valence-corrected chi connectivity index (χ4v) is 3.87. The SMILES string of the molecule is [Pt+2].[c-]1cnccc1-n1ccc(N(c2ccccc2)c2nn(-c3[c-]cccc3)c3ccccc23)n1. The molecule has 0 spiro atoms. The van der Waals surface area contributed by atoms with E-state index in [1.54, 1.807) is 17.1 Å². The Morgan fingerprint density at radius 2 is 1.56 bits per heavy atom. The molecule has 6 aromatic rings. The van der Waals surface area contributed by atoms with Gasteiger partial charge in [0.2, 0.25) is 0 Å². The third-order valence-electron chi connectivity index (χ3n) is 5.37. The number of pyridine rings is 1. The molecule has 0 radical (unpaired) electrons. The third kappa shape index (κ3) is 3.93. The van der Waals surface area contributed by atoms with Gasteiger partial charge in [-0.3, -0.25) is 14.3 Å². The van der Waals surface area contributed by atoms with Crippen molar-refractivity contribution in [1.82, 2.24) is 24.5 Å². The van der Waals surface area contributed by atoms with E-state index in [2.05, 4.69) is 46.3 Å². The summed E-state index contributed by atoms with van der Waals surface area (Å²) in [6.07, 6.45) is 5.28. The van der Waals surface area contributed by atoms with Crippen molar-refractivity contribution in [1.29, 1.82) is 0 Å². The topological polar surface area (TPSA) is 51.8 Å². The van der Waals surface area contributed by atoms with Gasteiger partial charge >= 0.3 is 21.1 Å². The Balaban J connectivity index is 0.00000241. The van der Waals surface area contributed by atoms with Crippen LogP contribution in [-0.4, -0.2) is 24.5 Å². The van der Waals surface area contributed by atoms with Crippen LogP contribution in [0.25, 0.3) is 22.3 Å². The van der Waals surface area contributed by atoms with Gasteiger partial charge in [-0.05, 0) is 30.0 Å².